The second kappa shape index (κ2) is 2.30. The van der Waals surface area contributed by atoms with Gasteiger partial charge in [-0.25, -0.2) is 4.98 Å². The summed E-state index contributed by atoms with van der Waals surface area (Å²) in [7, 11) is 0. The molecule has 0 saturated carbocycles. The van der Waals surface area contributed by atoms with E-state index in [2.05, 4.69) is 20.3 Å². The molecule has 0 aromatic carbocycles. The molecule has 1 aliphatic heterocycles. The topological polar surface area (TPSA) is 50.2 Å². The summed E-state index contributed by atoms with van der Waals surface area (Å²) >= 11 is 0. The number of hydrogen-bond donors (Lipinski definition) is 1. The zero-order chi connectivity index (χ0) is 7.68. The van der Waals surface area contributed by atoms with Gasteiger partial charge >= 0.3 is 0 Å². The summed E-state index contributed by atoms with van der Waals surface area (Å²) in [6.07, 6.45) is 3.39. The smallest absolute Gasteiger partial charge is 0.154 e. The van der Waals surface area contributed by atoms with Gasteiger partial charge in [0, 0.05) is 0 Å². The fourth-order valence-electron chi connectivity index (χ4n) is 0.997. The second-order valence-electron chi connectivity index (χ2n) is 2.42. The number of aryl methyl sites for hydroxylation is 1. The van der Waals surface area contributed by atoms with Gasteiger partial charge in [-0.15, -0.1) is 0 Å². The van der Waals surface area contributed by atoms with Crippen molar-refractivity contribution in [2.24, 2.45) is 4.99 Å². The van der Waals surface area contributed by atoms with Gasteiger partial charge in [0.2, 0.25) is 0 Å². The van der Waals surface area contributed by atoms with Crippen molar-refractivity contribution in [2.45, 2.75) is 13.5 Å². The molecule has 2 heterocycles. The first-order valence-electron chi connectivity index (χ1n) is 3.43. The number of nitrogens with zero attached hydrogens (tertiary/aromatic N) is 3. The highest BCUT2D eigenvalue weighted by Gasteiger charge is 2.06. The Hall–Kier alpha value is -1.45. The quantitative estimate of drug-likeness (QED) is 0.590. The Bertz CT molecular complexity index is 305. The first-order valence-corrected chi connectivity index (χ1v) is 3.43. The van der Waals surface area contributed by atoms with Crippen LogP contribution in [0.4, 0.5) is 5.82 Å². The molecule has 1 aromatic rings. The third-order valence-corrected chi connectivity index (χ3v) is 1.50. The normalized spacial score (nSPS) is 13.9. The van der Waals surface area contributed by atoms with Crippen LogP contribution in [-0.4, -0.2) is 16.3 Å². The lowest BCUT2D eigenvalue weighted by atomic mass is 10.3. The molecule has 56 valence electrons. The van der Waals surface area contributed by atoms with Gasteiger partial charge in [-0.1, -0.05) is 0 Å². The van der Waals surface area contributed by atoms with Crippen molar-refractivity contribution in [2.75, 3.05) is 5.32 Å². The van der Waals surface area contributed by atoms with Gasteiger partial charge < -0.3 is 5.32 Å². The Labute approximate surface area is 64.4 Å². The lowest BCUT2D eigenvalue weighted by Crippen LogP contribution is -2.09. The molecule has 0 fully saturated rings. The molecule has 0 saturated heterocycles. The third kappa shape index (κ3) is 1.07. The Morgan fingerprint density at radius 2 is 2.45 bits per heavy atom. The van der Waals surface area contributed by atoms with E-state index in [4.69, 9.17) is 0 Å². The molecular formula is C7H8N4. The van der Waals surface area contributed by atoms with E-state index >= 15 is 0 Å². The van der Waals surface area contributed by atoms with Gasteiger partial charge in [0.05, 0.1) is 24.8 Å². The molecule has 4 heteroatoms. The monoisotopic (exact) mass is 148 g/mol. The molecule has 0 unspecified atom stereocenters. The molecule has 1 aliphatic rings. The third-order valence-electron chi connectivity index (χ3n) is 1.50. The van der Waals surface area contributed by atoms with Crippen LogP contribution < -0.4 is 5.32 Å². The Balaban J connectivity index is 2.48. The lowest BCUT2D eigenvalue weighted by Gasteiger charge is -2.09. The molecule has 1 N–H and O–H groups in total. The summed E-state index contributed by atoms with van der Waals surface area (Å²) in [4.78, 5) is 12.4. The number of hydrogen-bond acceptors (Lipinski definition) is 4. The van der Waals surface area contributed by atoms with Crippen molar-refractivity contribution in [1.82, 2.24) is 9.97 Å². The summed E-state index contributed by atoms with van der Waals surface area (Å²) in [5.74, 6) is 0.825. The predicted molar refractivity (Wildman–Crippen MR) is 42.6 cm³/mol. The Morgan fingerprint density at radius 3 is 3.36 bits per heavy atom. The molecule has 0 atom stereocenters. The van der Waals surface area contributed by atoms with Gasteiger partial charge in [0.1, 0.15) is 5.69 Å². The zero-order valence-electron chi connectivity index (χ0n) is 6.20. The van der Waals surface area contributed by atoms with Crippen LogP contribution >= 0.6 is 0 Å². The van der Waals surface area contributed by atoms with Crippen LogP contribution in [-0.2, 0) is 6.54 Å². The number of fused-ring (bicyclic) bond motifs is 1. The highest BCUT2D eigenvalue weighted by atomic mass is 15.1. The van der Waals surface area contributed by atoms with Crippen LogP contribution in [0.3, 0.4) is 0 Å². The minimum Gasteiger partial charge on any atom is -0.330 e. The maximum atomic E-state index is 4.27. The summed E-state index contributed by atoms with van der Waals surface area (Å²) in [5, 5.41) is 2.92. The molecule has 0 bridgehead atoms. The van der Waals surface area contributed by atoms with E-state index in [-0.39, 0.29) is 0 Å². The average molecular weight is 148 g/mol. The van der Waals surface area contributed by atoms with Crippen molar-refractivity contribution in [3.8, 4) is 0 Å². The van der Waals surface area contributed by atoms with E-state index in [0.29, 0.717) is 6.54 Å². The summed E-state index contributed by atoms with van der Waals surface area (Å²) in [6.45, 7) is 2.56. The van der Waals surface area contributed by atoms with E-state index in [1.165, 1.54) is 0 Å². The SMILES string of the molecule is Cc1cnc2c(n1)CN=CN2. The number of aromatic nitrogens is 2. The molecule has 0 aliphatic carbocycles. The highest BCUT2D eigenvalue weighted by molar-refractivity contribution is 5.76. The number of anilines is 1. The van der Waals surface area contributed by atoms with E-state index in [9.17, 15) is 0 Å². The standard InChI is InChI=1S/C7H8N4/c1-5-2-9-7-6(11-5)3-8-4-10-7/h2,4H,3H2,1H3,(H,8,9,10). The molecule has 0 spiro atoms. The van der Waals surface area contributed by atoms with Crippen LogP contribution in [0, 0.1) is 6.92 Å². The molecule has 0 radical (unpaired) electrons. The van der Waals surface area contributed by atoms with E-state index < -0.39 is 0 Å². The minimum atomic E-state index is 0.636. The van der Waals surface area contributed by atoms with E-state index in [1.54, 1.807) is 12.5 Å². The first-order chi connectivity index (χ1) is 5.36. The molecule has 2 rings (SSSR count). The zero-order valence-corrected chi connectivity index (χ0v) is 6.20. The van der Waals surface area contributed by atoms with Gasteiger partial charge in [-0.3, -0.25) is 9.98 Å². The van der Waals surface area contributed by atoms with Gasteiger partial charge in [-0.05, 0) is 6.92 Å². The first kappa shape index (κ1) is 6.27. The van der Waals surface area contributed by atoms with Gasteiger partial charge in [-0.2, -0.15) is 0 Å². The van der Waals surface area contributed by atoms with Crippen molar-refractivity contribution in [3.05, 3.63) is 17.6 Å². The molecule has 0 amide bonds. The van der Waals surface area contributed by atoms with Crippen molar-refractivity contribution < 1.29 is 0 Å². The summed E-state index contributed by atoms with van der Waals surface area (Å²) in [6, 6.07) is 0. The molecule has 1 aromatic heterocycles. The fourth-order valence-corrected chi connectivity index (χ4v) is 0.997. The van der Waals surface area contributed by atoms with Crippen LogP contribution in [0.5, 0.6) is 0 Å². The number of rotatable bonds is 0. The molecule has 11 heavy (non-hydrogen) atoms. The van der Waals surface area contributed by atoms with Crippen molar-refractivity contribution >= 4 is 12.2 Å². The average Bonchev–Trinajstić information content (AvgIpc) is 2.04. The minimum absolute atomic E-state index is 0.636. The summed E-state index contributed by atoms with van der Waals surface area (Å²) < 4.78 is 0. The van der Waals surface area contributed by atoms with E-state index in [1.807, 2.05) is 6.92 Å². The van der Waals surface area contributed by atoms with E-state index in [0.717, 1.165) is 17.2 Å². The number of nitrogens with one attached hydrogen (secondary N) is 1. The number of aliphatic imine (C=N–C) groups is 1. The van der Waals surface area contributed by atoms with Crippen molar-refractivity contribution in [1.29, 1.82) is 0 Å². The van der Waals surface area contributed by atoms with Gasteiger partial charge in [0.15, 0.2) is 5.82 Å². The van der Waals surface area contributed by atoms with Crippen LogP contribution in [0.15, 0.2) is 11.2 Å². The maximum absolute atomic E-state index is 4.27. The maximum Gasteiger partial charge on any atom is 0.154 e. The highest BCUT2D eigenvalue weighted by Crippen LogP contribution is 2.12. The fraction of sp³-hybridized carbons (Fsp3) is 0.286. The predicted octanol–water partition coefficient (Wildman–Crippen LogP) is 0.739. The van der Waals surface area contributed by atoms with Crippen LogP contribution in [0.1, 0.15) is 11.4 Å². The van der Waals surface area contributed by atoms with Crippen molar-refractivity contribution in [3.63, 3.8) is 0 Å². The molecule has 4 nitrogen and oxygen atoms in total. The van der Waals surface area contributed by atoms with Gasteiger partial charge in [0.25, 0.3) is 0 Å². The molecular weight excluding hydrogens is 140 g/mol. The largest absolute Gasteiger partial charge is 0.330 e. The summed E-state index contributed by atoms with van der Waals surface area (Å²) in [5.41, 5.74) is 1.86. The van der Waals surface area contributed by atoms with Crippen LogP contribution in [0.2, 0.25) is 0 Å². The van der Waals surface area contributed by atoms with Crippen LogP contribution in [0.25, 0.3) is 0 Å². The second-order valence-corrected chi connectivity index (χ2v) is 2.42. The lowest BCUT2D eigenvalue weighted by molar-refractivity contribution is 0.935. The Kier molecular flexibility index (Phi) is 1.31. The Morgan fingerprint density at radius 1 is 1.55 bits per heavy atom.